The molecule has 1 aromatic carbocycles. The van der Waals surface area contributed by atoms with Crippen molar-refractivity contribution in [2.24, 2.45) is 0 Å². The summed E-state index contributed by atoms with van der Waals surface area (Å²) in [5.74, 6) is -2.74. The van der Waals surface area contributed by atoms with Gasteiger partial charge in [-0.2, -0.15) is 13.2 Å². The number of rotatable bonds is 7. The Labute approximate surface area is 184 Å². The summed E-state index contributed by atoms with van der Waals surface area (Å²) in [6, 6.07) is 7.08. The molecule has 3 rings (SSSR count). The first-order chi connectivity index (χ1) is 15.3. The molecule has 32 heavy (non-hydrogen) atoms. The monoisotopic (exact) mass is 449 g/mol. The van der Waals surface area contributed by atoms with Crippen LogP contribution in [0, 0.1) is 0 Å². The zero-order valence-electron chi connectivity index (χ0n) is 17.8. The van der Waals surface area contributed by atoms with Gasteiger partial charge in [0.25, 0.3) is 0 Å². The minimum absolute atomic E-state index is 0.0807. The molecule has 0 radical (unpaired) electrons. The molecule has 1 fully saturated rings. The van der Waals surface area contributed by atoms with Gasteiger partial charge < -0.3 is 10.1 Å². The van der Waals surface area contributed by atoms with Gasteiger partial charge in [-0.05, 0) is 49.6 Å². The molecule has 1 heterocycles. The van der Waals surface area contributed by atoms with Gasteiger partial charge >= 0.3 is 12.1 Å². The fourth-order valence-corrected chi connectivity index (χ4v) is 3.93. The molecule has 1 saturated carbocycles. The van der Waals surface area contributed by atoms with Crippen LogP contribution in [0.3, 0.4) is 0 Å². The highest BCUT2D eigenvalue weighted by Gasteiger charge is 2.48. The molecule has 2 amide bonds. The molecule has 0 saturated heterocycles. The van der Waals surface area contributed by atoms with Gasteiger partial charge in [0.15, 0.2) is 0 Å². The SMILES string of the molecule is CCOc1ccccc1N(C(=O)C(F)(F)F)C(C(=O)NC1CCCCC1)c1ccncc1. The van der Waals surface area contributed by atoms with E-state index in [2.05, 4.69) is 10.3 Å². The number of hydrogen-bond donors (Lipinski definition) is 1. The van der Waals surface area contributed by atoms with Crippen molar-refractivity contribution >= 4 is 17.5 Å². The van der Waals surface area contributed by atoms with Crippen LogP contribution in [-0.4, -0.2) is 35.6 Å². The van der Waals surface area contributed by atoms with E-state index in [0.29, 0.717) is 4.90 Å². The van der Waals surface area contributed by atoms with E-state index in [1.807, 2.05) is 0 Å². The summed E-state index contributed by atoms with van der Waals surface area (Å²) in [5, 5.41) is 2.86. The smallest absolute Gasteiger partial charge is 0.471 e. The number of amides is 2. The fourth-order valence-electron chi connectivity index (χ4n) is 3.93. The Kier molecular flexibility index (Phi) is 7.71. The molecule has 1 N–H and O–H groups in total. The van der Waals surface area contributed by atoms with Crippen molar-refractivity contribution in [3.05, 3.63) is 54.4 Å². The standard InChI is InChI=1S/C23H26F3N3O3/c1-2-32-19-11-7-6-10-18(19)29(22(31)23(24,25)26)20(16-12-14-27-15-13-16)21(30)28-17-8-4-3-5-9-17/h6-7,10-15,17,20H,2-5,8-9H2,1H3,(H,28,30). The van der Waals surface area contributed by atoms with E-state index in [9.17, 15) is 22.8 Å². The Balaban J connectivity index is 2.11. The maximum absolute atomic E-state index is 13.7. The van der Waals surface area contributed by atoms with Crippen LogP contribution < -0.4 is 15.0 Å². The molecule has 0 aliphatic heterocycles. The zero-order valence-corrected chi connectivity index (χ0v) is 17.8. The van der Waals surface area contributed by atoms with Crippen LogP contribution >= 0.6 is 0 Å². The predicted octanol–water partition coefficient (Wildman–Crippen LogP) is 4.57. The number of ether oxygens (including phenoxy) is 1. The van der Waals surface area contributed by atoms with E-state index in [-0.39, 0.29) is 29.6 Å². The summed E-state index contributed by atoms with van der Waals surface area (Å²) in [7, 11) is 0. The third-order valence-corrected chi connectivity index (χ3v) is 5.37. The van der Waals surface area contributed by atoms with Gasteiger partial charge in [0.1, 0.15) is 11.8 Å². The van der Waals surface area contributed by atoms with Crippen molar-refractivity contribution in [3.63, 3.8) is 0 Å². The molecule has 2 aromatic rings. The van der Waals surface area contributed by atoms with Gasteiger partial charge in [-0.3, -0.25) is 19.5 Å². The number of para-hydroxylation sites is 2. The summed E-state index contributed by atoms with van der Waals surface area (Å²) >= 11 is 0. The largest absolute Gasteiger partial charge is 0.492 e. The van der Waals surface area contributed by atoms with Crippen molar-refractivity contribution in [3.8, 4) is 5.75 Å². The van der Waals surface area contributed by atoms with Gasteiger partial charge in [0.2, 0.25) is 5.91 Å². The Bertz CT molecular complexity index is 915. The lowest BCUT2D eigenvalue weighted by molar-refractivity contribution is -0.171. The topological polar surface area (TPSA) is 71.5 Å². The van der Waals surface area contributed by atoms with Crippen molar-refractivity contribution in [1.82, 2.24) is 10.3 Å². The van der Waals surface area contributed by atoms with E-state index >= 15 is 0 Å². The Morgan fingerprint density at radius 1 is 1.12 bits per heavy atom. The van der Waals surface area contributed by atoms with E-state index < -0.39 is 24.0 Å². The summed E-state index contributed by atoms with van der Waals surface area (Å²) in [5.41, 5.74) is 0.0921. The lowest BCUT2D eigenvalue weighted by Crippen LogP contribution is -2.50. The molecule has 9 heteroatoms. The van der Waals surface area contributed by atoms with E-state index in [1.54, 1.807) is 13.0 Å². The number of benzene rings is 1. The van der Waals surface area contributed by atoms with Crippen molar-refractivity contribution in [1.29, 1.82) is 0 Å². The van der Waals surface area contributed by atoms with Gasteiger partial charge in [-0.25, -0.2) is 0 Å². The molecule has 0 bridgehead atoms. The molecule has 0 spiro atoms. The minimum Gasteiger partial charge on any atom is -0.492 e. The second-order valence-corrected chi connectivity index (χ2v) is 7.60. The van der Waals surface area contributed by atoms with Gasteiger partial charge in [-0.1, -0.05) is 31.4 Å². The number of hydrogen-bond acceptors (Lipinski definition) is 4. The highest BCUT2D eigenvalue weighted by atomic mass is 19.4. The quantitative estimate of drug-likeness (QED) is 0.673. The molecule has 6 nitrogen and oxygen atoms in total. The second kappa shape index (κ2) is 10.5. The first-order valence-electron chi connectivity index (χ1n) is 10.7. The first-order valence-corrected chi connectivity index (χ1v) is 10.7. The molecular weight excluding hydrogens is 423 g/mol. The van der Waals surface area contributed by atoms with Crippen LogP contribution in [0.4, 0.5) is 18.9 Å². The molecule has 1 aliphatic carbocycles. The highest BCUT2D eigenvalue weighted by Crippen LogP contribution is 2.38. The van der Waals surface area contributed by atoms with Crippen LogP contribution in [-0.2, 0) is 9.59 Å². The molecule has 1 aliphatic rings. The van der Waals surface area contributed by atoms with Gasteiger partial charge in [-0.15, -0.1) is 0 Å². The summed E-state index contributed by atoms with van der Waals surface area (Å²) in [4.78, 5) is 30.5. The van der Waals surface area contributed by atoms with E-state index in [1.165, 1.54) is 42.7 Å². The molecule has 1 atom stereocenters. The molecule has 172 valence electrons. The van der Waals surface area contributed by atoms with Crippen LogP contribution in [0.25, 0.3) is 0 Å². The van der Waals surface area contributed by atoms with Crippen LogP contribution in [0.15, 0.2) is 48.8 Å². The summed E-state index contributed by atoms with van der Waals surface area (Å²) in [6.07, 6.45) is 1.97. The second-order valence-electron chi connectivity index (χ2n) is 7.60. The Hall–Kier alpha value is -3.10. The number of anilines is 1. The number of aromatic nitrogens is 1. The normalized spacial score (nSPS) is 15.6. The van der Waals surface area contributed by atoms with Crippen molar-refractivity contribution in [2.45, 2.75) is 57.3 Å². The third-order valence-electron chi connectivity index (χ3n) is 5.37. The fraction of sp³-hybridized carbons (Fsp3) is 0.435. The van der Waals surface area contributed by atoms with Gasteiger partial charge in [0, 0.05) is 18.4 Å². The number of nitrogens with zero attached hydrogens (tertiary/aromatic N) is 2. The van der Waals surface area contributed by atoms with Crippen LogP contribution in [0.1, 0.15) is 50.6 Å². The molecule has 1 aromatic heterocycles. The number of alkyl halides is 3. The maximum Gasteiger partial charge on any atom is 0.471 e. The van der Waals surface area contributed by atoms with Crippen LogP contribution in [0.2, 0.25) is 0 Å². The zero-order chi connectivity index (χ0) is 23.1. The lowest BCUT2D eigenvalue weighted by atomic mass is 9.94. The minimum atomic E-state index is -5.20. The maximum atomic E-state index is 13.7. The van der Waals surface area contributed by atoms with Crippen molar-refractivity contribution < 1.29 is 27.5 Å². The van der Waals surface area contributed by atoms with Gasteiger partial charge in [0.05, 0.1) is 12.3 Å². The number of pyridine rings is 1. The number of carbonyl (C=O) groups excluding carboxylic acids is 2. The van der Waals surface area contributed by atoms with E-state index in [0.717, 1.165) is 32.1 Å². The highest BCUT2D eigenvalue weighted by molar-refractivity contribution is 6.04. The number of nitrogens with one attached hydrogen (secondary N) is 1. The average molecular weight is 449 g/mol. The number of halogens is 3. The lowest BCUT2D eigenvalue weighted by Gasteiger charge is -2.34. The Morgan fingerprint density at radius 3 is 2.41 bits per heavy atom. The molecular formula is C23H26F3N3O3. The number of carbonyl (C=O) groups is 2. The summed E-state index contributed by atoms with van der Waals surface area (Å²) < 4.78 is 46.7. The van der Waals surface area contributed by atoms with Crippen LogP contribution in [0.5, 0.6) is 5.75 Å². The predicted molar refractivity (Wildman–Crippen MR) is 113 cm³/mol. The Morgan fingerprint density at radius 2 is 1.78 bits per heavy atom. The van der Waals surface area contributed by atoms with E-state index in [4.69, 9.17) is 4.74 Å². The van der Waals surface area contributed by atoms with Crippen molar-refractivity contribution in [2.75, 3.05) is 11.5 Å². The molecule has 1 unspecified atom stereocenters. The first kappa shape index (κ1) is 23.6. The third kappa shape index (κ3) is 5.57. The summed E-state index contributed by atoms with van der Waals surface area (Å²) in [6.45, 7) is 1.86. The average Bonchev–Trinajstić information content (AvgIpc) is 2.78.